The average molecular weight is 335 g/mol. The summed E-state index contributed by atoms with van der Waals surface area (Å²) in [7, 11) is 3.18. The maximum atomic E-state index is 12.3. The summed E-state index contributed by atoms with van der Waals surface area (Å²) in [4.78, 5) is 14.5. The van der Waals surface area contributed by atoms with Crippen LogP contribution in [0.15, 0.2) is 29.7 Å². The van der Waals surface area contributed by atoms with Crippen LogP contribution in [0.5, 0.6) is 11.5 Å². The topological polar surface area (TPSA) is 38.8 Å². The van der Waals surface area contributed by atoms with Gasteiger partial charge >= 0.3 is 0 Å². The van der Waals surface area contributed by atoms with E-state index in [4.69, 9.17) is 21.7 Å². The number of amides is 1. The molecule has 0 aromatic heterocycles. The molecule has 1 aliphatic heterocycles. The van der Waals surface area contributed by atoms with E-state index in [9.17, 15) is 4.79 Å². The molecule has 1 heterocycles. The highest BCUT2D eigenvalue weighted by Gasteiger charge is 2.31. The maximum Gasteiger partial charge on any atom is 0.266 e. The minimum Gasteiger partial charge on any atom is -0.493 e. The van der Waals surface area contributed by atoms with E-state index in [0.29, 0.717) is 27.3 Å². The molecule has 4 nitrogen and oxygen atoms in total. The van der Waals surface area contributed by atoms with Gasteiger partial charge in [0.1, 0.15) is 4.32 Å². The van der Waals surface area contributed by atoms with Crippen LogP contribution < -0.4 is 9.47 Å². The maximum absolute atomic E-state index is 12.3. The highest BCUT2D eigenvalue weighted by Crippen LogP contribution is 2.35. The summed E-state index contributed by atoms with van der Waals surface area (Å²) in [6, 6.07) is 3.74. The third-order valence-corrected chi connectivity index (χ3v) is 4.62. The number of benzene rings is 1. The van der Waals surface area contributed by atoms with Gasteiger partial charge in [-0.15, -0.1) is 6.58 Å². The third-order valence-electron chi connectivity index (χ3n) is 3.24. The monoisotopic (exact) mass is 335 g/mol. The lowest BCUT2D eigenvalue weighted by molar-refractivity contribution is -0.121. The largest absolute Gasteiger partial charge is 0.493 e. The molecule has 0 atom stereocenters. The fourth-order valence-electron chi connectivity index (χ4n) is 2.08. The summed E-state index contributed by atoms with van der Waals surface area (Å²) in [6.45, 7) is 6.03. The number of carbonyl (C=O) groups is 1. The van der Waals surface area contributed by atoms with Crippen molar-refractivity contribution in [2.45, 2.75) is 6.92 Å². The molecule has 0 bridgehead atoms. The Balaban J connectivity index is 2.39. The number of hydrogen-bond acceptors (Lipinski definition) is 5. The van der Waals surface area contributed by atoms with Crippen molar-refractivity contribution in [3.8, 4) is 11.5 Å². The molecule has 1 fully saturated rings. The summed E-state index contributed by atoms with van der Waals surface area (Å²) in [5, 5.41) is 0. The van der Waals surface area contributed by atoms with E-state index in [1.165, 1.54) is 16.7 Å². The smallest absolute Gasteiger partial charge is 0.266 e. The minimum absolute atomic E-state index is 0.0934. The van der Waals surface area contributed by atoms with Gasteiger partial charge in [-0.05, 0) is 36.3 Å². The first kappa shape index (κ1) is 16.6. The predicted molar refractivity (Wildman–Crippen MR) is 94.4 cm³/mol. The second-order valence-electron chi connectivity index (χ2n) is 4.64. The van der Waals surface area contributed by atoms with Gasteiger partial charge < -0.3 is 9.47 Å². The molecule has 0 unspecified atom stereocenters. The summed E-state index contributed by atoms with van der Waals surface area (Å²) in [5.41, 5.74) is 1.89. The predicted octanol–water partition coefficient (Wildman–Crippen LogP) is 3.40. The first-order valence-electron chi connectivity index (χ1n) is 6.60. The summed E-state index contributed by atoms with van der Waals surface area (Å²) < 4.78 is 11.1. The molecule has 6 heteroatoms. The molecule has 1 saturated heterocycles. The number of methoxy groups -OCH3 is 2. The molecule has 1 aliphatic rings. The zero-order chi connectivity index (χ0) is 16.3. The lowest BCUT2D eigenvalue weighted by Gasteiger charge is -2.11. The van der Waals surface area contributed by atoms with Crippen LogP contribution in [0.4, 0.5) is 0 Å². The number of hydrogen-bond donors (Lipinski definition) is 0. The van der Waals surface area contributed by atoms with Gasteiger partial charge in [0.25, 0.3) is 5.91 Å². The fraction of sp³-hybridized carbons (Fsp3) is 0.250. The number of rotatable bonds is 5. The molecular formula is C16H17NO3S2. The standard InChI is InChI=1S/C16H17NO3S2/c1-5-6-17-15(18)14(22-16(17)21)9-11-8-13(20-4)12(19-3)7-10(11)2/h5,7-9H,1,6H2,2-4H3/b14-9-. The van der Waals surface area contributed by atoms with Gasteiger partial charge in [0.2, 0.25) is 0 Å². The average Bonchev–Trinajstić information content (AvgIpc) is 2.76. The fourth-order valence-corrected chi connectivity index (χ4v) is 3.35. The third kappa shape index (κ3) is 3.18. The molecule has 0 spiro atoms. The van der Waals surface area contributed by atoms with E-state index in [1.54, 1.807) is 20.3 Å². The van der Waals surface area contributed by atoms with Crippen LogP contribution in [0.3, 0.4) is 0 Å². The quantitative estimate of drug-likeness (QED) is 0.468. The molecule has 2 rings (SSSR count). The first-order valence-corrected chi connectivity index (χ1v) is 7.83. The van der Waals surface area contributed by atoms with Crippen molar-refractivity contribution in [2.24, 2.45) is 0 Å². The van der Waals surface area contributed by atoms with Crippen LogP contribution in [0.25, 0.3) is 6.08 Å². The van der Waals surface area contributed by atoms with Crippen LogP contribution in [0, 0.1) is 6.92 Å². The Bertz CT molecular complexity index is 668. The van der Waals surface area contributed by atoms with E-state index in [-0.39, 0.29) is 5.91 Å². The molecular weight excluding hydrogens is 318 g/mol. The number of nitrogens with zero attached hydrogens (tertiary/aromatic N) is 1. The SMILES string of the molecule is C=CCN1C(=O)/C(=C/c2cc(OC)c(OC)cc2C)SC1=S. The Labute approximate surface area is 139 Å². The summed E-state index contributed by atoms with van der Waals surface area (Å²) in [5.74, 6) is 1.20. The summed E-state index contributed by atoms with van der Waals surface area (Å²) >= 11 is 6.53. The second kappa shape index (κ2) is 6.98. The molecule has 22 heavy (non-hydrogen) atoms. The lowest BCUT2D eigenvalue weighted by atomic mass is 10.1. The van der Waals surface area contributed by atoms with Gasteiger partial charge in [0.15, 0.2) is 11.5 Å². The second-order valence-corrected chi connectivity index (χ2v) is 6.32. The number of thioether (sulfide) groups is 1. The van der Waals surface area contributed by atoms with Crippen LogP contribution in [-0.2, 0) is 4.79 Å². The number of aryl methyl sites for hydroxylation is 1. The van der Waals surface area contributed by atoms with Crippen LogP contribution in [-0.4, -0.2) is 35.9 Å². The van der Waals surface area contributed by atoms with Gasteiger partial charge in [0.05, 0.1) is 19.1 Å². The van der Waals surface area contributed by atoms with Crippen molar-refractivity contribution in [3.63, 3.8) is 0 Å². The molecule has 116 valence electrons. The van der Waals surface area contributed by atoms with Crippen molar-refractivity contribution in [1.82, 2.24) is 4.90 Å². The van der Waals surface area contributed by atoms with Crippen molar-refractivity contribution in [3.05, 3.63) is 40.8 Å². The Hall–Kier alpha value is -1.79. The Kier molecular flexibility index (Phi) is 5.26. The van der Waals surface area contributed by atoms with E-state index in [0.717, 1.165) is 11.1 Å². The van der Waals surface area contributed by atoms with Crippen molar-refractivity contribution in [2.75, 3.05) is 20.8 Å². The van der Waals surface area contributed by atoms with Crippen molar-refractivity contribution < 1.29 is 14.3 Å². The van der Waals surface area contributed by atoms with Crippen LogP contribution in [0.1, 0.15) is 11.1 Å². The molecule has 0 saturated carbocycles. The molecule has 0 N–H and O–H groups in total. The van der Waals surface area contributed by atoms with Gasteiger partial charge in [-0.25, -0.2) is 0 Å². The Morgan fingerprint density at radius 2 is 1.95 bits per heavy atom. The summed E-state index contributed by atoms with van der Waals surface area (Å²) in [6.07, 6.45) is 3.50. The van der Waals surface area contributed by atoms with E-state index in [2.05, 4.69) is 6.58 Å². The number of thiocarbonyl (C=S) groups is 1. The van der Waals surface area contributed by atoms with Gasteiger partial charge in [0, 0.05) is 6.54 Å². The highest BCUT2D eigenvalue weighted by atomic mass is 32.2. The van der Waals surface area contributed by atoms with Gasteiger partial charge in [-0.3, -0.25) is 9.69 Å². The van der Waals surface area contributed by atoms with E-state index in [1.807, 2.05) is 25.1 Å². The normalized spacial score (nSPS) is 16.3. The van der Waals surface area contributed by atoms with E-state index >= 15 is 0 Å². The Morgan fingerprint density at radius 1 is 1.32 bits per heavy atom. The lowest BCUT2D eigenvalue weighted by Crippen LogP contribution is -2.27. The minimum atomic E-state index is -0.0934. The van der Waals surface area contributed by atoms with Crippen molar-refractivity contribution in [1.29, 1.82) is 0 Å². The first-order chi connectivity index (χ1) is 10.5. The molecule has 0 aliphatic carbocycles. The van der Waals surface area contributed by atoms with Gasteiger partial charge in [-0.2, -0.15) is 0 Å². The molecule has 0 radical (unpaired) electrons. The van der Waals surface area contributed by atoms with Crippen molar-refractivity contribution >= 4 is 40.3 Å². The molecule has 1 amide bonds. The van der Waals surface area contributed by atoms with Crippen LogP contribution in [0.2, 0.25) is 0 Å². The van der Waals surface area contributed by atoms with Crippen LogP contribution >= 0.6 is 24.0 Å². The Morgan fingerprint density at radius 3 is 2.55 bits per heavy atom. The zero-order valence-electron chi connectivity index (χ0n) is 12.7. The highest BCUT2D eigenvalue weighted by molar-refractivity contribution is 8.26. The molecule has 1 aromatic carbocycles. The number of carbonyl (C=O) groups excluding carboxylic acids is 1. The van der Waals surface area contributed by atoms with E-state index < -0.39 is 0 Å². The zero-order valence-corrected chi connectivity index (χ0v) is 14.3. The van der Waals surface area contributed by atoms with Gasteiger partial charge in [-0.1, -0.05) is 30.1 Å². The number of ether oxygens (including phenoxy) is 2. The molecule has 1 aromatic rings.